The summed E-state index contributed by atoms with van der Waals surface area (Å²) in [6.45, 7) is 3.72. The molecule has 0 radical (unpaired) electrons. The molecule has 0 bridgehead atoms. The van der Waals surface area contributed by atoms with Crippen molar-refractivity contribution in [3.05, 3.63) is 30.5 Å². The zero-order valence-electron chi connectivity index (χ0n) is 6.17. The van der Waals surface area contributed by atoms with Gasteiger partial charge in [0.1, 0.15) is 0 Å². The highest BCUT2D eigenvalue weighted by Gasteiger charge is 1.95. The molecule has 0 amide bonds. The van der Waals surface area contributed by atoms with Crippen LogP contribution in [0.4, 0.5) is 0 Å². The van der Waals surface area contributed by atoms with Gasteiger partial charge in [-0.2, -0.15) is 0 Å². The maximum atomic E-state index is 4.89. The van der Waals surface area contributed by atoms with Gasteiger partial charge < -0.3 is 4.74 Å². The molecule has 2 nitrogen and oxygen atoms in total. The third kappa shape index (κ3) is 2.05. The first-order chi connectivity index (χ1) is 5.24. The molecule has 58 valence electrons. The van der Waals surface area contributed by atoms with Crippen molar-refractivity contribution in [1.29, 1.82) is 0 Å². The van der Waals surface area contributed by atoms with Gasteiger partial charge in [0.15, 0.2) is 0 Å². The average molecular weight is 214 g/mol. The Labute approximate surface area is 74.0 Å². The second-order valence-electron chi connectivity index (χ2n) is 1.99. The van der Waals surface area contributed by atoms with Gasteiger partial charge in [-0.3, -0.25) is 0 Å². The molecule has 0 aromatic carbocycles. The van der Waals surface area contributed by atoms with Crippen molar-refractivity contribution < 1.29 is 4.74 Å². The zero-order valence-corrected chi connectivity index (χ0v) is 7.76. The van der Waals surface area contributed by atoms with Crippen molar-refractivity contribution in [2.75, 3.05) is 7.11 Å². The quantitative estimate of drug-likeness (QED) is 0.754. The third-order valence-electron chi connectivity index (χ3n) is 1.26. The van der Waals surface area contributed by atoms with Crippen molar-refractivity contribution >= 4 is 20.4 Å². The van der Waals surface area contributed by atoms with Crippen LogP contribution in [0.2, 0.25) is 0 Å². The summed E-state index contributed by atoms with van der Waals surface area (Å²) in [6, 6.07) is 3.69. The van der Waals surface area contributed by atoms with Crippen LogP contribution in [0.5, 0.6) is 5.88 Å². The van der Waals surface area contributed by atoms with E-state index >= 15 is 0 Å². The van der Waals surface area contributed by atoms with Gasteiger partial charge in [-0.05, 0) is 6.07 Å². The molecule has 11 heavy (non-hydrogen) atoms. The minimum Gasteiger partial charge on any atom is -0.481 e. The van der Waals surface area contributed by atoms with Gasteiger partial charge in [-0.25, -0.2) is 4.98 Å². The highest BCUT2D eigenvalue weighted by Crippen LogP contribution is 2.18. The van der Waals surface area contributed by atoms with E-state index in [-0.39, 0.29) is 0 Å². The van der Waals surface area contributed by atoms with Gasteiger partial charge in [0, 0.05) is 22.3 Å². The zero-order chi connectivity index (χ0) is 8.27. The Morgan fingerprint density at radius 3 is 2.73 bits per heavy atom. The van der Waals surface area contributed by atoms with E-state index in [2.05, 4.69) is 27.5 Å². The van der Waals surface area contributed by atoms with Crippen molar-refractivity contribution in [2.45, 2.75) is 0 Å². The van der Waals surface area contributed by atoms with Gasteiger partial charge in [0.05, 0.1) is 7.11 Å². The van der Waals surface area contributed by atoms with E-state index in [0.717, 1.165) is 10.0 Å². The molecule has 0 aliphatic rings. The van der Waals surface area contributed by atoms with E-state index in [1.807, 2.05) is 6.07 Å². The first-order valence-electron chi connectivity index (χ1n) is 3.09. The fourth-order valence-corrected chi connectivity index (χ4v) is 0.896. The molecule has 0 saturated heterocycles. The lowest BCUT2D eigenvalue weighted by Crippen LogP contribution is -1.86. The normalized spacial score (nSPS) is 9.27. The summed E-state index contributed by atoms with van der Waals surface area (Å²) in [5.74, 6) is 0.613. The average Bonchev–Trinajstić information content (AvgIpc) is 2.05. The van der Waals surface area contributed by atoms with E-state index in [1.165, 1.54) is 0 Å². The van der Waals surface area contributed by atoms with Crippen LogP contribution >= 0.6 is 15.9 Å². The molecule has 0 unspecified atom stereocenters. The Morgan fingerprint density at radius 2 is 2.36 bits per heavy atom. The van der Waals surface area contributed by atoms with Gasteiger partial charge in [-0.15, -0.1) is 0 Å². The molecule has 0 saturated carbocycles. The van der Waals surface area contributed by atoms with Crippen LogP contribution in [-0.2, 0) is 0 Å². The molecule has 0 fully saturated rings. The second kappa shape index (κ2) is 3.53. The van der Waals surface area contributed by atoms with Gasteiger partial charge in [0.2, 0.25) is 5.88 Å². The monoisotopic (exact) mass is 213 g/mol. The number of pyridine rings is 1. The number of hydrogen-bond acceptors (Lipinski definition) is 2. The van der Waals surface area contributed by atoms with E-state index < -0.39 is 0 Å². The van der Waals surface area contributed by atoms with E-state index in [9.17, 15) is 0 Å². The molecule has 1 aromatic heterocycles. The lowest BCUT2D eigenvalue weighted by Gasteiger charge is -1.99. The smallest absolute Gasteiger partial charge is 0.212 e. The Kier molecular flexibility index (Phi) is 2.65. The summed E-state index contributed by atoms with van der Waals surface area (Å²) < 4.78 is 5.72. The largest absolute Gasteiger partial charge is 0.481 e. The second-order valence-corrected chi connectivity index (χ2v) is 2.95. The van der Waals surface area contributed by atoms with Crippen LogP contribution in [0, 0.1) is 0 Å². The summed E-state index contributed by atoms with van der Waals surface area (Å²) in [7, 11) is 1.59. The van der Waals surface area contributed by atoms with Crippen molar-refractivity contribution in [3.8, 4) is 5.88 Å². The highest BCUT2D eigenvalue weighted by molar-refractivity contribution is 9.15. The lowest BCUT2D eigenvalue weighted by atomic mass is 10.3. The van der Waals surface area contributed by atoms with Crippen molar-refractivity contribution in [3.63, 3.8) is 0 Å². The van der Waals surface area contributed by atoms with Crippen molar-refractivity contribution in [1.82, 2.24) is 4.98 Å². The summed E-state index contributed by atoms with van der Waals surface area (Å²) in [5.41, 5.74) is 0.964. The van der Waals surface area contributed by atoms with E-state index in [4.69, 9.17) is 4.74 Å². The Hall–Kier alpha value is -0.830. The molecule has 3 heteroatoms. The summed E-state index contributed by atoms with van der Waals surface area (Å²) in [5, 5.41) is 0. The topological polar surface area (TPSA) is 22.1 Å². The van der Waals surface area contributed by atoms with Gasteiger partial charge in [-0.1, -0.05) is 22.5 Å². The molecular formula is C8H8BrNO. The van der Waals surface area contributed by atoms with E-state index in [0.29, 0.717) is 5.88 Å². The summed E-state index contributed by atoms with van der Waals surface area (Å²) in [4.78, 5) is 4.01. The summed E-state index contributed by atoms with van der Waals surface area (Å²) in [6.07, 6.45) is 1.70. The maximum Gasteiger partial charge on any atom is 0.212 e. The van der Waals surface area contributed by atoms with Crippen LogP contribution in [0.3, 0.4) is 0 Å². The van der Waals surface area contributed by atoms with Crippen LogP contribution in [0.25, 0.3) is 4.48 Å². The predicted molar refractivity (Wildman–Crippen MR) is 48.8 cm³/mol. The molecule has 1 heterocycles. The number of hydrogen-bond donors (Lipinski definition) is 0. The molecule has 0 aliphatic carbocycles. The third-order valence-corrected chi connectivity index (χ3v) is 1.72. The Balaban J connectivity index is 2.91. The summed E-state index contributed by atoms with van der Waals surface area (Å²) >= 11 is 3.25. The molecule has 0 spiro atoms. The minimum absolute atomic E-state index is 0.613. The number of nitrogens with zero attached hydrogens (tertiary/aromatic N) is 1. The Bertz CT molecular complexity index is 255. The SMILES string of the molecule is C=C(Br)c1ccc(OC)nc1. The molecule has 0 N–H and O–H groups in total. The fraction of sp³-hybridized carbons (Fsp3) is 0.125. The number of aromatic nitrogens is 1. The number of ether oxygens (including phenoxy) is 1. The fourth-order valence-electron chi connectivity index (χ4n) is 0.662. The lowest BCUT2D eigenvalue weighted by molar-refractivity contribution is 0.398. The van der Waals surface area contributed by atoms with Crippen LogP contribution in [0.15, 0.2) is 24.9 Å². The maximum absolute atomic E-state index is 4.89. The number of rotatable bonds is 2. The van der Waals surface area contributed by atoms with Crippen LogP contribution < -0.4 is 4.74 Å². The molecular weight excluding hydrogens is 206 g/mol. The highest BCUT2D eigenvalue weighted by atomic mass is 79.9. The van der Waals surface area contributed by atoms with E-state index in [1.54, 1.807) is 19.4 Å². The van der Waals surface area contributed by atoms with Gasteiger partial charge >= 0.3 is 0 Å². The van der Waals surface area contributed by atoms with Crippen LogP contribution in [-0.4, -0.2) is 12.1 Å². The Morgan fingerprint density at radius 1 is 1.64 bits per heavy atom. The first kappa shape index (κ1) is 8.27. The standard InChI is InChI=1S/C8H8BrNO/c1-6(9)7-3-4-8(11-2)10-5-7/h3-5H,1H2,2H3. The number of methoxy groups -OCH3 is 1. The van der Waals surface area contributed by atoms with Crippen molar-refractivity contribution in [2.24, 2.45) is 0 Å². The number of halogens is 1. The van der Waals surface area contributed by atoms with Crippen LogP contribution in [0.1, 0.15) is 5.56 Å². The first-order valence-corrected chi connectivity index (χ1v) is 3.88. The predicted octanol–water partition coefficient (Wildman–Crippen LogP) is 2.46. The molecule has 1 aromatic rings. The molecule has 1 rings (SSSR count). The minimum atomic E-state index is 0.613. The van der Waals surface area contributed by atoms with Gasteiger partial charge in [0.25, 0.3) is 0 Å². The molecule has 0 aliphatic heterocycles. The molecule has 0 atom stereocenters.